The van der Waals surface area contributed by atoms with E-state index in [0.717, 1.165) is 62.1 Å². The van der Waals surface area contributed by atoms with Gasteiger partial charge in [-0.1, -0.05) is 63.3 Å². The molecule has 0 atom stereocenters. The van der Waals surface area contributed by atoms with Gasteiger partial charge in [-0.05, 0) is 96.9 Å². The fourth-order valence-corrected chi connectivity index (χ4v) is 6.26. The van der Waals surface area contributed by atoms with Gasteiger partial charge in [-0.2, -0.15) is 0 Å². The van der Waals surface area contributed by atoms with E-state index in [9.17, 15) is 14.4 Å². The number of hydrogen-bond donors (Lipinski definition) is 5. The van der Waals surface area contributed by atoms with Gasteiger partial charge in [0, 0.05) is 48.1 Å². The number of nitrogen functional groups attached to an aromatic ring is 1. The van der Waals surface area contributed by atoms with Crippen molar-refractivity contribution in [2.75, 3.05) is 50.8 Å². The summed E-state index contributed by atoms with van der Waals surface area (Å²) in [6.45, 7) is 13.7. The van der Waals surface area contributed by atoms with E-state index >= 15 is 0 Å². The second kappa shape index (κ2) is 20.1. The lowest BCUT2D eigenvalue weighted by Gasteiger charge is -2.31. The highest BCUT2D eigenvalue weighted by Crippen LogP contribution is 2.28. The van der Waals surface area contributed by atoms with Crippen LogP contribution in [0.2, 0.25) is 0 Å². The van der Waals surface area contributed by atoms with Crippen molar-refractivity contribution in [3.8, 4) is 0 Å². The Morgan fingerprint density at radius 2 is 1.60 bits per heavy atom. The van der Waals surface area contributed by atoms with Gasteiger partial charge in [-0.25, -0.2) is 9.78 Å². The van der Waals surface area contributed by atoms with Crippen molar-refractivity contribution < 1.29 is 9.59 Å². The zero-order chi connectivity index (χ0) is 37.5. The number of Topliss-reactive ketones (excluding diaryl/α,β-unsaturated/α-hetero) is 1. The number of rotatable bonds is 23. The molecule has 0 aliphatic rings. The van der Waals surface area contributed by atoms with Gasteiger partial charge in [-0.15, -0.1) is 0 Å². The van der Waals surface area contributed by atoms with Crippen molar-refractivity contribution >= 4 is 45.1 Å². The number of unbranched alkanes of at least 4 members (excludes halogenated alkanes) is 6. The second-order valence-corrected chi connectivity index (χ2v) is 15.0. The third kappa shape index (κ3) is 12.2. The summed E-state index contributed by atoms with van der Waals surface area (Å²) < 4.78 is 1.66. The van der Waals surface area contributed by atoms with Crippen LogP contribution in [0.4, 0.5) is 11.5 Å². The summed E-state index contributed by atoms with van der Waals surface area (Å²) in [5, 5.41) is 10.7. The van der Waals surface area contributed by atoms with E-state index in [-0.39, 0.29) is 41.6 Å². The molecule has 4 aromatic rings. The molecule has 2 heterocycles. The lowest BCUT2D eigenvalue weighted by atomic mass is 10.0. The molecule has 2 aromatic heterocycles. The topological polar surface area (TPSA) is 150 Å². The zero-order valence-electron chi connectivity index (χ0n) is 32.2. The maximum Gasteiger partial charge on any atom is 0.326 e. The Bertz CT molecular complexity index is 1790. The Hall–Kier alpha value is -4.22. The van der Waals surface area contributed by atoms with E-state index < -0.39 is 0 Å². The largest absolute Gasteiger partial charge is 0.385 e. The highest BCUT2D eigenvalue weighted by atomic mass is 16.2. The molecule has 11 nitrogen and oxygen atoms in total. The van der Waals surface area contributed by atoms with Crippen LogP contribution < -0.4 is 27.4 Å². The summed E-state index contributed by atoms with van der Waals surface area (Å²) in [6.07, 6.45) is 10.9. The third-order valence-corrected chi connectivity index (χ3v) is 9.88. The van der Waals surface area contributed by atoms with E-state index in [4.69, 9.17) is 5.73 Å². The number of nitrogens with zero attached hydrogens (tertiary/aromatic N) is 3. The smallest absolute Gasteiger partial charge is 0.326 e. The fourth-order valence-electron chi connectivity index (χ4n) is 6.26. The summed E-state index contributed by atoms with van der Waals surface area (Å²) in [6, 6.07) is 13.1. The van der Waals surface area contributed by atoms with Crippen molar-refractivity contribution in [3.63, 3.8) is 0 Å². The Morgan fingerprint density at radius 3 is 2.33 bits per heavy atom. The molecule has 0 saturated carbocycles. The van der Waals surface area contributed by atoms with Crippen LogP contribution in [0.3, 0.4) is 0 Å². The minimum atomic E-state index is -0.278. The Morgan fingerprint density at radius 1 is 0.885 bits per heavy atom. The average molecular weight is 715 g/mol. The summed E-state index contributed by atoms with van der Waals surface area (Å²) >= 11 is 0. The van der Waals surface area contributed by atoms with E-state index in [2.05, 4.69) is 65.6 Å². The first-order valence-corrected chi connectivity index (χ1v) is 19.3. The van der Waals surface area contributed by atoms with Gasteiger partial charge in [0.15, 0.2) is 5.78 Å². The first-order chi connectivity index (χ1) is 25.0. The number of H-pyrrole nitrogens is 1. The van der Waals surface area contributed by atoms with Crippen LogP contribution in [0.15, 0.2) is 47.3 Å². The predicted molar refractivity (Wildman–Crippen MR) is 215 cm³/mol. The number of amides is 1. The van der Waals surface area contributed by atoms with Crippen LogP contribution in [-0.4, -0.2) is 76.4 Å². The fraction of sp³-hybridized carbons (Fsp3) is 0.561. The normalized spacial score (nSPS) is 11.9. The molecule has 0 radical (unpaired) electrons. The molecule has 0 aliphatic heterocycles. The average Bonchev–Trinajstić information content (AvgIpc) is 3.44. The maximum atomic E-state index is 13.1. The van der Waals surface area contributed by atoms with Gasteiger partial charge in [0.05, 0.1) is 17.6 Å². The minimum Gasteiger partial charge on any atom is -0.385 e. The molecule has 1 amide bonds. The van der Waals surface area contributed by atoms with Crippen molar-refractivity contribution in [1.82, 2.24) is 30.1 Å². The van der Waals surface area contributed by atoms with Gasteiger partial charge in [0.25, 0.3) is 0 Å². The van der Waals surface area contributed by atoms with Crippen LogP contribution in [0.1, 0.15) is 114 Å². The summed E-state index contributed by atoms with van der Waals surface area (Å²) in [4.78, 5) is 48.1. The van der Waals surface area contributed by atoms with Crippen LogP contribution >= 0.6 is 0 Å². The van der Waals surface area contributed by atoms with E-state index in [1.165, 1.54) is 38.5 Å². The lowest BCUT2D eigenvalue weighted by Crippen LogP contribution is -2.38. The van der Waals surface area contributed by atoms with Crippen LogP contribution in [-0.2, 0) is 11.3 Å². The highest BCUT2D eigenvalue weighted by molar-refractivity contribution is 6.07. The first kappa shape index (κ1) is 40.5. The van der Waals surface area contributed by atoms with Crippen LogP contribution in [0.5, 0.6) is 0 Å². The Labute approximate surface area is 309 Å². The number of pyridine rings is 1. The van der Waals surface area contributed by atoms with Crippen molar-refractivity contribution in [1.29, 1.82) is 0 Å². The molecule has 0 aliphatic carbocycles. The highest BCUT2D eigenvalue weighted by Gasteiger charge is 2.17. The van der Waals surface area contributed by atoms with E-state index in [1.54, 1.807) is 16.7 Å². The number of aromatic nitrogens is 3. The van der Waals surface area contributed by atoms with Gasteiger partial charge < -0.3 is 31.6 Å². The number of ketones is 1. The molecular weight excluding hydrogens is 653 g/mol. The summed E-state index contributed by atoms with van der Waals surface area (Å²) in [5.41, 5.74) is 10.5. The van der Waals surface area contributed by atoms with Crippen molar-refractivity contribution in [3.05, 3.63) is 64.1 Å². The molecule has 0 bridgehead atoms. The SMILES string of the molecule is CCCCNc1ccc2c(c1)nc(N)c1[nH]c(=O)n(Cc3ccc(C(=O)CCC(=O)NCCCNCCCCCCCCN(C)C(C)(C)C)cc3)c12. The molecule has 4 rings (SSSR count). The molecule has 2 aromatic carbocycles. The molecule has 11 heteroatoms. The standard InChI is InChI=1S/C41H62N8O3/c1-6-7-25-44-32-19-20-33-34(28-32)46-39(42)37-38(33)49(40(52)47-37)29-30-15-17-31(18-16-30)35(50)21-22-36(51)45-26-14-24-43-23-12-10-8-9-11-13-27-48(5)41(2,3)4/h15-20,28,43-44H,6-14,21-27,29H2,1-5H3,(H2,42,46)(H,45,51)(H,47,52). The number of imidazole rings is 1. The number of anilines is 2. The van der Waals surface area contributed by atoms with Crippen molar-refractivity contribution in [2.45, 2.75) is 110 Å². The summed E-state index contributed by atoms with van der Waals surface area (Å²) in [5.74, 6) is 0.0774. The molecule has 0 spiro atoms. The number of nitrogens with two attached hydrogens (primary N) is 1. The monoisotopic (exact) mass is 714 g/mol. The van der Waals surface area contributed by atoms with E-state index in [0.29, 0.717) is 35.2 Å². The second-order valence-electron chi connectivity index (χ2n) is 15.0. The number of carbonyl (C=O) groups is 2. The number of nitrogens with one attached hydrogen (secondary N) is 4. The summed E-state index contributed by atoms with van der Waals surface area (Å²) in [7, 11) is 2.21. The van der Waals surface area contributed by atoms with Crippen LogP contribution in [0.25, 0.3) is 21.9 Å². The quantitative estimate of drug-likeness (QED) is 0.0414. The molecule has 0 unspecified atom stereocenters. The number of carbonyl (C=O) groups excluding carboxylic acids is 2. The Kier molecular flexibility index (Phi) is 15.7. The molecule has 0 fully saturated rings. The lowest BCUT2D eigenvalue weighted by molar-refractivity contribution is -0.121. The van der Waals surface area contributed by atoms with Gasteiger partial charge in [0.2, 0.25) is 5.91 Å². The van der Waals surface area contributed by atoms with Gasteiger partial charge in [-0.3, -0.25) is 14.2 Å². The number of aromatic amines is 1. The van der Waals surface area contributed by atoms with Gasteiger partial charge in [0.1, 0.15) is 11.3 Å². The van der Waals surface area contributed by atoms with Gasteiger partial charge >= 0.3 is 5.69 Å². The molecular formula is C41H62N8O3. The number of fused-ring (bicyclic) bond motifs is 3. The predicted octanol–water partition coefficient (Wildman–Crippen LogP) is 6.85. The van der Waals surface area contributed by atoms with E-state index in [1.807, 2.05) is 30.3 Å². The Balaban J connectivity index is 1.14. The molecule has 0 saturated heterocycles. The molecule has 6 N–H and O–H groups in total. The maximum absolute atomic E-state index is 13.1. The first-order valence-electron chi connectivity index (χ1n) is 19.3. The van der Waals surface area contributed by atoms with Crippen molar-refractivity contribution in [2.24, 2.45) is 0 Å². The number of benzene rings is 2. The number of hydrogen-bond acceptors (Lipinski definition) is 8. The molecule has 284 valence electrons. The minimum absolute atomic E-state index is 0.0851. The third-order valence-electron chi connectivity index (χ3n) is 9.88. The zero-order valence-corrected chi connectivity index (χ0v) is 32.2. The van der Waals surface area contributed by atoms with Crippen LogP contribution in [0, 0.1) is 0 Å². The molecule has 52 heavy (non-hydrogen) atoms.